The van der Waals surface area contributed by atoms with Crippen molar-refractivity contribution in [3.63, 3.8) is 0 Å². The van der Waals surface area contributed by atoms with Crippen molar-refractivity contribution in [2.75, 3.05) is 6.54 Å². The third-order valence-corrected chi connectivity index (χ3v) is 6.42. The van der Waals surface area contributed by atoms with E-state index in [1.54, 1.807) is 19.9 Å². The second kappa shape index (κ2) is 9.82. The van der Waals surface area contributed by atoms with Gasteiger partial charge in [-0.25, -0.2) is 4.98 Å². The first kappa shape index (κ1) is 24.6. The first-order chi connectivity index (χ1) is 15.5. The fraction of sp³-hybridized carbons (Fsp3) is 0.480. The molecule has 2 unspecified atom stereocenters. The summed E-state index contributed by atoms with van der Waals surface area (Å²) in [6, 6.07) is 11.6. The molecule has 0 bridgehead atoms. The number of alkyl halides is 3. The molecule has 8 heteroatoms. The molecule has 1 N–H and O–H groups in total. The van der Waals surface area contributed by atoms with Gasteiger partial charge in [0.05, 0.1) is 17.2 Å². The normalized spacial score (nSPS) is 16.3. The lowest BCUT2D eigenvalue weighted by Gasteiger charge is -2.37. The summed E-state index contributed by atoms with van der Waals surface area (Å²) in [6.45, 7) is 5.62. The standard InChI is InChI=1S/C25H28F3N3O2/c1-16(18-7-5-8-18)21(19-9-4-6-17(12-19)13-29)15-31-23(32)24(2,3)33-22-11-10-20(14-30-22)25(26,27)28/h4,6,9-12,14,16,18,21H,5,7-8,15H2,1-3H3,(H,31,32). The molecule has 1 aliphatic carbocycles. The van der Waals surface area contributed by atoms with E-state index in [1.807, 2.05) is 18.2 Å². The number of benzene rings is 1. The van der Waals surface area contributed by atoms with Crippen LogP contribution in [0.15, 0.2) is 42.6 Å². The number of hydrogen-bond acceptors (Lipinski definition) is 4. The van der Waals surface area contributed by atoms with Gasteiger partial charge in [-0.15, -0.1) is 0 Å². The van der Waals surface area contributed by atoms with E-state index < -0.39 is 23.2 Å². The van der Waals surface area contributed by atoms with Gasteiger partial charge in [0.2, 0.25) is 5.88 Å². The van der Waals surface area contributed by atoms with E-state index in [0.29, 0.717) is 30.1 Å². The van der Waals surface area contributed by atoms with E-state index in [4.69, 9.17) is 4.74 Å². The van der Waals surface area contributed by atoms with Crippen LogP contribution in [0.4, 0.5) is 13.2 Å². The zero-order valence-corrected chi connectivity index (χ0v) is 18.9. The Labute approximate surface area is 192 Å². The van der Waals surface area contributed by atoms with E-state index in [2.05, 4.69) is 23.3 Å². The summed E-state index contributed by atoms with van der Waals surface area (Å²) < 4.78 is 43.8. The van der Waals surface area contributed by atoms with Crippen LogP contribution >= 0.6 is 0 Å². The average Bonchev–Trinajstić information content (AvgIpc) is 2.72. The van der Waals surface area contributed by atoms with Crippen molar-refractivity contribution < 1.29 is 22.7 Å². The Hall–Kier alpha value is -3.08. The lowest BCUT2D eigenvalue weighted by atomic mass is 9.69. The van der Waals surface area contributed by atoms with Gasteiger partial charge in [0, 0.05) is 24.7 Å². The Bertz CT molecular complexity index is 1010. The van der Waals surface area contributed by atoms with Crippen molar-refractivity contribution in [3.8, 4) is 11.9 Å². The maximum absolute atomic E-state index is 12.9. The number of nitrogens with zero attached hydrogens (tertiary/aromatic N) is 2. The zero-order chi connectivity index (χ0) is 24.2. The van der Waals surface area contributed by atoms with Crippen LogP contribution in [-0.2, 0) is 11.0 Å². The molecule has 1 aliphatic rings. The molecule has 1 heterocycles. The van der Waals surface area contributed by atoms with Crippen LogP contribution in [-0.4, -0.2) is 23.0 Å². The topological polar surface area (TPSA) is 75.0 Å². The van der Waals surface area contributed by atoms with Crippen LogP contribution in [0.1, 0.15) is 62.6 Å². The highest BCUT2D eigenvalue weighted by Gasteiger charge is 2.35. The van der Waals surface area contributed by atoms with Crippen LogP contribution in [0.2, 0.25) is 0 Å². The Balaban J connectivity index is 1.69. The number of pyridine rings is 1. The Morgan fingerprint density at radius 2 is 2.00 bits per heavy atom. The van der Waals surface area contributed by atoms with Crippen LogP contribution in [0, 0.1) is 23.2 Å². The molecule has 3 rings (SSSR count). The summed E-state index contributed by atoms with van der Waals surface area (Å²) in [4.78, 5) is 16.6. The van der Waals surface area contributed by atoms with E-state index >= 15 is 0 Å². The zero-order valence-electron chi connectivity index (χ0n) is 18.9. The minimum absolute atomic E-state index is 0.0209. The van der Waals surface area contributed by atoms with Crippen molar-refractivity contribution in [3.05, 3.63) is 59.3 Å². The molecule has 0 aliphatic heterocycles. The molecule has 0 spiro atoms. The molecule has 2 atom stereocenters. The number of rotatable bonds is 8. The van der Waals surface area contributed by atoms with Gasteiger partial charge >= 0.3 is 6.18 Å². The van der Waals surface area contributed by atoms with E-state index in [0.717, 1.165) is 30.5 Å². The van der Waals surface area contributed by atoms with Crippen molar-refractivity contribution in [2.24, 2.45) is 11.8 Å². The molecule has 1 fully saturated rings. The molecule has 5 nitrogen and oxygen atoms in total. The minimum Gasteiger partial charge on any atom is -0.462 e. The number of amides is 1. The van der Waals surface area contributed by atoms with Crippen LogP contribution < -0.4 is 10.1 Å². The lowest BCUT2D eigenvalue weighted by Crippen LogP contribution is -2.48. The second-order valence-electron chi connectivity index (χ2n) is 9.10. The summed E-state index contributed by atoms with van der Waals surface area (Å²) in [5.74, 6) is 0.440. The van der Waals surface area contributed by atoms with E-state index in [1.165, 1.54) is 6.42 Å². The van der Waals surface area contributed by atoms with Gasteiger partial charge in [-0.3, -0.25) is 4.79 Å². The molecule has 1 saturated carbocycles. The van der Waals surface area contributed by atoms with Gasteiger partial charge in [0.15, 0.2) is 5.60 Å². The van der Waals surface area contributed by atoms with Gasteiger partial charge in [-0.2, -0.15) is 18.4 Å². The number of carbonyl (C=O) groups excluding carboxylic acids is 1. The molecule has 0 saturated heterocycles. The molecule has 0 radical (unpaired) electrons. The predicted octanol–water partition coefficient (Wildman–Crippen LogP) is 5.47. The minimum atomic E-state index is -4.49. The summed E-state index contributed by atoms with van der Waals surface area (Å²) in [5, 5.41) is 12.2. The van der Waals surface area contributed by atoms with Gasteiger partial charge < -0.3 is 10.1 Å². The quantitative estimate of drug-likeness (QED) is 0.568. The van der Waals surface area contributed by atoms with Crippen LogP contribution in [0.25, 0.3) is 0 Å². The highest BCUT2D eigenvalue weighted by atomic mass is 19.4. The molecule has 176 valence electrons. The van der Waals surface area contributed by atoms with Crippen molar-refractivity contribution >= 4 is 5.91 Å². The summed E-state index contributed by atoms with van der Waals surface area (Å²) in [6.07, 6.45) is -0.307. The monoisotopic (exact) mass is 459 g/mol. The average molecular weight is 460 g/mol. The smallest absolute Gasteiger partial charge is 0.417 e. The number of ether oxygens (including phenoxy) is 1. The molecular weight excluding hydrogens is 431 g/mol. The predicted molar refractivity (Wildman–Crippen MR) is 117 cm³/mol. The van der Waals surface area contributed by atoms with Crippen LogP contribution in [0.5, 0.6) is 5.88 Å². The van der Waals surface area contributed by atoms with Crippen molar-refractivity contribution in [2.45, 2.75) is 57.7 Å². The Kier molecular flexibility index (Phi) is 7.31. The summed E-state index contributed by atoms with van der Waals surface area (Å²) in [5.41, 5.74) is -0.658. The lowest BCUT2D eigenvalue weighted by molar-refractivity contribution is -0.138. The SMILES string of the molecule is CC(C1CCC1)C(CNC(=O)C(C)(C)Oc1ccc(C(F)(F)F)cn1)c1cccc(C#N)c1. The Morgan fingerprint density at radius 3 is 2.55 bits per heavy atom. The van der Waals surface area contributed by atoms with Gasteiger partial charge in [0.25, 0.3) is 5.91 Å². The first-order valence-corrected chi connectivity index (χ1v) is 11.0. The third-order valence-electron chi connectivity index (χ3n) is 6.42. The maximum atomic E-state index is 12.9. The molecule has 33 heavy (non-hydrogen) atoms. The van der Waals surface area contributed by atoms with Crippen LogP contribution in [0.3, 0.4) is 0 Å². The number of nitrogens with one attached hydrogen (secondary N) is 1. The van der Waals surface area contributed by atoms with Crippen molar-refractivity contribution in [1.29, 1.82) is 5.26 Å². The molecule has 2 aromatic rings. The van der Waals surface area contributed by atoms with Gasteiger partial charge in [-0.05, 0) is 49.4 Å². The number of carbonyl (C=O) groups is 1. The number of aromatic nitrogens is 1. The summed E-state index contributed by atoms with van der Waals surface area (Å²) >= 11 is 0. The van der Waals surface area contributed by atoms with E-state index in [-0.39, 0.29) is 11.8 Å². The molecular formula is C25H28F3N3O2. The van der Waals surface area contributed by atoms with Crippen molar-refractivity contribution in [1.82, 2.24) is 10.3 Å². The fourth-order valence-corrected chi connectivity index (χ4v) is 4.07. The molecule has 1 aromatic carbocycles. The molecule has 1 amide bonds. The third kappa shape index (κ3) is 6.04. The second-order valence-corrected chi connectivity index (χ2v) is 9.10. The highest BCUT2D eigenvalue weighted by molar-refractivity contribution is 5.84. The first-order valence-electron chi connectivity index (χ1n) is 11.0. The number of halogens is 3. The largest absolute Gasteiger partial charge is 0.462 e. The van der Waals surface area contributed by atoms with Gasteiger partial charge in [0.1, 0.15) is 0 Å². The fourth-order valence-electron chi connectivity index (χ4n) is 4.07. The Morgan fingerprint density at radius 1 is 1.27 bits per heavy atom. The van der Waals surface area contributed by atoms with Gasteiger partial charge in [-0.1, -0.05) is 38.3 Å². The number of nitriles is 1. The number of hydrogen-bond donors (Lipinski definition) is 1. The maximum Gasteiger partial charge on any atom is 0.417 e. The highest BCUT2D eigenvalue weighted by Crippen LogP contribution is 2.40. The summed E-state index contributed by atoms with van der Waals surface area (Å²) in [7, 11) is 0. The van der Waals surface area contributed by atoms with E-state index in [9.17, 15) is 23.2 Å². The molecule has 1 aromatic heterocycles.